The van der Waals surface area contributed by atoms with Crippen LogP contribution in [0.5, 0.6) is 0 Å². The van der Waals surface area contributed by atoms with Gasteiger partial charge in [-0.15, -0.1) is 0 Å². The van der Waals surface area contributed by atoms with Gasteiger partial charge >= 0.3 is 0 Å². The van der Waals surface area contributed by atoms with Gasteiger partial charge in [0.2, 0.25) is 0 Å². The summed E-state index contributed by atoms with van der Waals surface area (Å²) in [6.07, 6.45) is 1.28. The molecule has 3 heterocycles. The van der Waals surface area contributed by atoms with Crippen LogP contribution in [0.1, 0.15) is 6.04 Å². The molecule has 0 aliphatic carbocycles. The van der Waals surface area contributed by atoms with Crippen LogP contribution < -0.4 is 11.1 Å². The van der Waals surface area contributed by atoms with Crippen LogP contribution in [0.3, 0.4) is 0 Å². The van der Waals surface area contributed by atoms with Crippen molar-refractivity contribution in [1.82, 2.24) is 14.1 Å². The standard InChI is InChI=1S/C10H10BN3O3/c11-17-5-6-4-13-8(15)2-1-7-10(13)14(6)9(16)3-12-7/h1-3,6H,4-5,11H2/t6-/m0/s1. The van der Waals surface area contributed by atoms with E-state index in [1.54, 1.807) is 23.2 Å². The zero-order valence-corrected chi connectivity index (χ0v) is 9.29. The summed E-state index contributed by atoms with van der Waals surface area (Å²) in [6, 6.07) is 2.98. The van der Waals surface area contributed by atoms with Crippen LogP contribution in [-0.2, 0) is 11.2 Å². The minimum atomic E-state index is -0.198. The van der Waals surface area contributed by atoms with Crippen molar-refractivity contribution in [3.05, 3.63) is 39.0 Å². The van der Waals surface area contributed by atoms with E-state index in [-0.39, 0.29) is 17.2 Å². The number of hydrogen-bond acceptors (Lipinski definition) is 4. The molecular formula is C10H10BN3O3. The lowest BCUT2D eigenvalue weighted by Gasteiger charge is -2.11. The van der Waals surface area contributed by atoms with E-state index in [2.05, 4.69) is 4.98 Å². The Hall–Kier alpha value is -1.89. The van der Waals surface area contributed by atoms with Crippen molar-refractivity contribution < 1.29 is 4.65 Å². The molecule has 0 saturated heterocycles. The van der Waals surface area contributed by atoms with E-state index in [9.17, 15) is 9.59 Å². The largest absolute Gasteiger partial charge is 0.442 e. The minimum Gasteiger partial charge on any atom is -0.442 e. The fourth-order valence-corrected chi connectivity index (χ4v) is 2.34. The third kappa shape index (κ3) is 1.35. The Morgan fingerprint density at radius 2 is 2.24 bits per heavy atom. The fourth-order valence-electron chi connectivity index (χ4n) is 2.34. The third-order valence-electron chi connectivity index (χ3n) is 3.03. The van der Waals surface area contributed by atoms with Gasteiger partial charge in [-0.3, -0.25) is 18.7 Å². The Morgan fingerprint density at radius 3 is 3.00 bits per heavy atom. The Balaban J connectivity index is 2.40. The molecule has 0 fully saturated rings. The maximum Gasteiger partial charge on any atom is 0.271 e. The van der Waals surface area contributed by atoms with E-state index in [1.165, 1.54) is 12.3 Å². The first-order valence-corrected chi connectivity index (χ1v) is 5.32. The molecule has 0 unspecified atom stereocenters. The molecule has 0 amide bonds. The summed E-state index contributed by atoms with van der Waals surface area (Å²) < 4.78 is 8.25. The molecule has 0 radical (unpaired) electrons. The van der Waals surface area contributed by atoms with Crippen molar-refractivity contribution in [3.8, 4) is 0 Å². The summed E-state index contributed by atoms with van der Waals surface area (Å²) in [7, 11) is 1.58. The number of rotatable bonds is 2. The predicted molar refractivity (Wildman–Crippen MR) is 63.8 cm³/mol. The molecule has 1 aliphatic rings. The summed E-state index contributed by atoms with van der Waals surface area (Å²) in [4.78, 5) is 27.6. The van der Waals surface area contributed by atoms with Crippen molar-refractivity contribution in [2.24, 2.45) is 0 Å². The maximum atomic E-state index is 11.8. The Kier molecular flexibility index (Phi) is 2.15. The molecule has 86 valence electrons. The summed E-state index contributed by atoms with van der Waals surface area (Å²) in [5.74, 6) is 0. The molecule has 0 spiro atoms. The maximum absolute atomic E-state index is 11.8. The van der Waals surface area contributed by atoms with E-state index < -0.39 is 0 Å². The molecule has 1 atom stereocenters. The normalized spacial score (nSPS) is 17.8. The predicted octanol–water partition coefficient (Wildman–Crippen LogP) is -1.32. The van der Waals surface area contributed by atoms with Crippen LogP contribution >= 0.6 is 0 Å². The highest BCUT2D eigenvalue weighted by Crippen LogP contribution is 2.21. The molecule has 0 N–H and O–H groups in total. The van der Waals surface area contributed by atoms with E-state index in [1.807, 2.05) is 0 Å². The minimum absolute atomic E-state index is 0.114. The molecule has 17 heavy (non-hydrogen) atoms. The second-order valence-corrected chi connectivity index (χ2v) is 4.07. The highest BCUT2D eigenvalue weighted by Gasteiger charge is 2.25. The van der Waals surface area contributed by atoms with Crippen molar-refractivity contribution in [3.63, 3.8) is 0 Å². The van der Waals surface area contributed by atoms with Crippen LogP contribution in [0.4, 0.5) is 0 Å². The topological polar surface area (TPSA) is 66.1 Å². The average molecular weight is 231 g/mol. The number of pyridine rings is 1. The zero-order valence-electron chi connectivity index (χ0n) is 9.29. The summed E-state index contributed by atoms with van der Waals surface area (Å²) in [5.41, 5.74) is 0.934. The monoisotopic (exact) mass is 231 g/mol. The fraction of sp³-hybridized carbons (Fsp3) is 0.300. The van der Waals surface area contributed by atoms with E-state index in [4.69, 9.17) is 4.65 Å². The second kappa shape index (κ2) is 3.56. The van der Waals surface area contributed by atoms with Gasteiger partial charge in [0.05, 0.1) is 25.4 Å². The van der Waals surface area contributed by atoms with E-state index in [0.717, 1.165) is 0 Å². The van der Waals surface area contributed by atoms with Crippen molar-refractivity contribution in [1.29, 1.82) is 0 Å². The van der Waals surface area contributed by atoms with Gasteiger partial charge in [-0.05, 0) is 6.07 Å². The SMILES string of the molecule is BOC[C@@H]1Cn2c(=O)ccc3ncc(=O)n1c32. The molecule has 0 saturated carbocycles. The van der Waals surface area contributed by atoms with Gasteiger partial charge < -0.3 is 4.65 Å². The molecule has 0 aromatic carbocycles. The van der Waals surface area contributed by atoms with Gasteiger partial charge in [0.1, 0.15) is 11.2 Å². The molecule has 6 nitrogen and oxygen atoms in total. The number of hydrogen-bond donors (Lipinski definition) is 0. The van der Waals surface area contributed by atoms with Crippen molar-refractivity contribution in [2.75, 3.05) is 6.61 Å². The van der Waals surface area contributed by atoms with E-state index in [0.29, 0.717) is 24.3 Å². The smallest absolute Gasteiger partial charge is 0.271 e. The van der Waals surface area contributed by atoms with Gasteiger partial charge in [-0.25, -0.2) is 4.98 Å². The van der Waals surface area contributed by atoms with Crippen LogP contribution in [0.25, 0.3) is 11.2 Å². The molecule has 0 bridgehead atoms. The second-order valence-electron chi connectivity index (χ2n) is 4.07. The van der Waals surface area contributed by atoms with Gasteiger partial charge in [-0.1, -0.05) is 0 Å². The van der Waals surface area contributed by atoms with Crippen molar-refractivity contribution >= 4 is 19.2 Å². The quantitative estimate of drug-likeness (QED) is 0.601. The highest BCUT2D eigenvalue weighted by molar-refractivity contribution is 5.97. The Morgan fingerprint density at radius 1 is 1.41 bits per heavy atom. The molecule has 7 heteroatoms. The highest BCUT2D eigenvalue weighted by atomic mass is 16.4. The van der Waals surface area contributed by atoms with E-state index >= 15 is 0 Å². The van der Waals surface area contributed by atoms with Crippen LogP contribution in [0, 0.1) is 0 Å². The lowest BCUT2D eigenvalue weighted by Crippen LogP contribution is -2.25. The van der Waals surface area contributed by atoms with Gasteiger partial charge in [0.25, 0.3) is 19.2 Å². The molecule has 1 aliphatic heterocycles. The lowest BCUT2D eigenvalue weighted by molar-refractivity contribution is 0.266. The first-order chi connectivity index (χ1) is 8.22. The summed E-state index contributed by atoms with van der Waals surface area (Å²) in [5, 5.41) is 0. The lowest BCUT2D eigenvalue weighted by atomic mass is 10.3. The molecular weight excluding hydrogens is 221 g/mol. The van der Waals surface area contributed by atoms with Crippen LogP contribution in [0.15, 0.2) is 27.9 Å². The Bertz CT molecular complexity index is 701. The zero-order chi connectivity index (χ0) is 12.0. The van der Waals surface area contributed by atoms with Crippen LogP contribution in [0.2, 0.25) is 0 Å². The molecule has 2 aromatic heterocycles. The number of nitrogens with zero attached hydrogens (tertiary/aromatic N) is 3. The first-order valence-electron chi connectivity index (χ1n) is 5.32. The van der Waals surface area contributed by atoms with Gasteiger partial charge in [0, 0.05) is 6.07 Å². The number of aromatic nitrogens is 3. The van der Waals surface area contributed by atoms with Crippen LogP contribution in [-0.4, -0.2) is 28.8 Å². The Labute approximate surface area is 96.9 Å². The molecule has 2 aromatic rings. The third-order valence-corrected chi connectivity index (χ3v) is 3.03. The van der Waals surface area contributed by atoms with Crippen molar-refractivity contribution in [2.45, 2.75) is 12.6 Å². The molecule has 3 rings (SSSR count). The first kappa shape index (κ1) is 10.3. The van der Waals surface area contributed by atoms with Gasteiger partial charge in [0.15, 0.2) is 0 Å². The summed E-state index contributed by atoms with van der Waals surface area (Å²) >= 11 is 0. The summed E-state index contributed by atoms with van der Waals surface area (Å²) in [6.45, 7) is 0.866. The van der Waals surface area contributed by atoms with Gasteiger partial charge in [-0.2, -0.15) is 0 Å². The average Bonchev–Trinajstić information content (AvgIpc) is 2.69.